The van der Waals surface area contributed by atoms with Crippen LogP contribution in [0.1, 0.15) is 19.3 Å². The fourth-order valence-electron chi connectivity index (χ4n) is 4.18. The molecule has 2 fully saturated rings. The van der Waals surface area contributed by atoms with Gasteiger partial charge in [-0.05, 0) is 44.5 Å². The number of hydrogen-bond acceptors (Lipinski definition) is 5. The molecule has 0 bridgehead atoms. The predicted molar refractivity (Wildman–Crippen MR) is 98.1 cm³/mol. The third-order valence-electron chi connectivity index (χ3n) is 5.47. The Hall–Kier alpha value is -2.47. The quantitative estimate of drug-likeness (QED) is 0.736. The molecule has 0 amide bonds. The standard InChI is InChI=1S/C19H22N6/c1-2-6-15(7-3-1)25-19-17(12-22-25)18(20-14-21-19)24-11-8-16(13-24)23-9-4-5-10-23/h1-3,6-7,12,14,16H,4-5,8-11,13H2/t16-/m1/s1. The number of aromatic nitrogens is 4. The fourth-order valence-corrected chi connectivity index (χ4v) is 4.18. The maximum Gasteiger partial charge on any atom is 0.168 e. The number of benzene rings is 1. The molecule has 4 heterocycles. The zero-order chi connectivity index (χ0) is 16.6. The van der Waals surface area contributed by atoms with Gasteiger partial charge in [-0.2, -0.15) is 5.10 Å². The van der Waals surface area contributed by atoms with E-state index in [0.717, 1.165) is 35.6 Å². The van der Waals surface area contributed by atoms with E-state index < -0.39 is 0 Å². The van der Waals surface area contributed by atoms with Gasteiger partial charge in [-0.25, -0.2) is 14.6 Å². The molecule has 2 aliphatic rings. The summed E-state index contributed by atoms with van der Waals surface area (Å²) in [5, 5.41) is 5.61. The highest BCUT2D eigenvalue weighted by molar-refractivity contribution is 5.87. The van der Waals surface area contributed by atoms with E-state index in [2.05, 4.69) is 24.9 Å². The Balaban J connectivity index is 1.47. The van der Waals surface area contributed by atoms with Crippen molar-refractivity contribution in [2.75, 3.05) is 31.1 Å². The summed E-state index contributed by atoms with van der Waals surface area (Å²) < 4.78 is 1.90. The van der Waals surface area contributed by atoms with E-state index in [-0.39, 0.29) is 0 Å². The third-order valence-corrected chi connectivity index (χ3v) is 5.47. The van der Waals surface area contributed by atoms with Gasteiger partial charge in [-0.15, -0.1) is 0 Å². The first kappa shape index (κ1) is 14.8. The van der Waals surface area contributed by atoms with Gasteiger partial charge in [0.25, 0.3) is 0 Å². The highest BCUT2D eigenvalue weighted by Gasteiger charge is 2.31. The first-order valence-corrected chi connectivity index (χ1v) is 9.13. The average Bonchev–Trinajstić information content (AvgIpc) is 3.40. The summed E-state index contributed by atoms with van der Waals surface area (Å²) in [7, 11) is 0. The lowest BCUT2D eigenvalue weighted by Gasteiger charge is -2.24. The zero-order valence-electron chi connectivity index (χ0n) is 14.3. The minimum absolute atomic E-state index is 0.664. The number of anilines is 1. The molecule has 6 heteroatoms. The van der Waals surface area contributed by atoms with Gasteiger partial charge in [-0.1, -0.05) is 18.2 Å². The summed E-state index contributed by atoms with van der Waals surface area (Å²) >= 11 is 0. The number of hydrogen-bond donors (Lipinski definition) is 0. The first-order valence-electron chi connectivity index (χ1n) is 9.13. The van der Waals surface area contributed by atoms with E-state index >= 15 is 0 Å². The van der Waals surface area contributed by atoms with Crippen LogP contribution in [0.4, 0.5) is 5.82 Å². The Morgan fingerprint density at radius 3 is 2.64 bits per heavy atom. The molecule has 2 aromatic heterocycles. The van der Waals surface area contributed by atoms with E-state index in [4.69, 9.17) is 0 Å². The van der Waals surface area contributed by atoms with Gasteiger partial charge in [-0.3, -0.25) is 4.90 Å². The second-order valence-corrected chi connectivity index (χ2v) is 6.96. The van der Waals surface area contributed by atoms with E-state index in [1.165, 1.54) is 32.4 Å². The van der Waals surface area contributed by atoms with Crippen LogP contribution in [0.3, 0.4) is 0 Å². The lowest BCUT2D eigenvalue weighted by atomic mass is 10.2. The highest BCUT2D eigenvalue weighted by Crippen LogP contribution is 2.29. The molecule has 2 saturated heterocycles. The molecular formula is C19H22N6. The highest BCUT2D eigenvalue weighted by atomic mass is 15.3. The molecule has 2 aliphatic heterocycles. The molecule has 0 spiro atoms. The fraction of sp³-hybridized carbons (Fsp3) is 0.421. The summed E-state index contributed by atoms with van der Waals surface area (Å²) in [6, 6.07) is 10.8. The van der Waals surface area contributed by atoms with Crippen LogP contribution in [0.25, 0.3) is 16.7 Å². The molecule has 0 radical (unpaired) electrons. The summed E-state index contributed by atoms with van der Waals surface area (Å²) in [4.78, 5) is 14.1. The van der Waals surface area contributed by atoms with Crippen molar-refractivity contribution in [1.82, 2.24) is 24.6 Å². The first-order chi connectivity index (χ1) is 12.4. The Labute approximate surface area is 147 Å². The second-order valence-electron chi connectivity index (χ2n) is 6.96. The molecule has 1 atom stereocenters. The second kappa shape index (κ2) is 6.11. The third kappa shape index (κ3) is 2.57. The van der Waals surface area contributed by atoms with Crippen LogP contribution in [0, 0.1) is 0 Å². The van der Waals surface area contributed by atoms with Crippen molar-refractivity contribution in [3.63, 3.8) is 0 Å². The Morgan fingerprint density at radius 1 is 0.960 bits per heavy atom. The SMILES string of the molecule is c1ccc(-n2ncc3c(N4CC[C@@H](N5CCCC5)C4)ncnc32)cc1. The number of nitrogens with zero attached hydrogens (tertiary/aromatic N) is 6. The lowest BCUT2D eigenvalue weighted by molar-refractivity contribution is 0.260. The monoisotopic (exact) mass is 334 g/mol. The van der Waals surface area contributed by atoms with Gasteiger partial charge < -0.3 is 4.90 Å². The van der Waals surface area contributed by atoms with Gasteiger partial charge in [0.1, 0.15) is 12.1 Å². The van der Waals surface area contributed by atoms with Gasteiger partial charge in [0.2, 0.25) is 0 Å². The van der Waals surface area contributed by atoms with Gasteiger partial charge in [0.05, 0.1) is 17.3 Å². The Bertz CT molecular complexity index is 868. The Kier molecular flexibility index (Phi) is 3.63. The van der Waals surface area contributed by atoms with Crippen LogP contribution in [0.2, 0.25) is 0 Å². The van der Waals surface area contributed by atoms with Crippen LogP contribution in [0.5, 0.6) is 0 Å². The maximum absolute atomic E-state index is 4.60. The summed E-state index contributed by atoms with van der Waals surface area (Å²) in [6.45, 7) is 4.62. The lowest BCUT2D eigenvalue weighted by Crippen LogP contribution is -2.35. The van der Waals surface area contributed by atoms with E-state index in [0.29, 0.717) is 6.04 Å². The Morgan fingerprint density at radius 2 is 1.80 bits per heavy atom. The van der Waals surface area contributed by atoms with Gasteiger partial charge in [0.15, 0.2) is 5.65 Å². The molecule has 128 valence electrons. The van der Waals surface area contributed by atoms with E-state index in [1.54, 1.807) is 6.33 Å². The van der Waals surface area contributed by atoms with Crippen LogP contribution < -0.4 is 4.90 Å². The molecule has 0 N–H and O–H groups in total. The minimum Gasteiger partial charge on any atom is -0.354 e. The van der Waals surface area contributed by atoms with Crippen molar-refractivity contribution < 1.29 is 0 Å². The van der Waals surface area contributed by atoms with Crippen molar-refractivity contribution in [3.05, 3.63) is 42.9 Å². The maximum atomic E-state index is 4.60. The van der Waals surface area contributed by atoms with Crippen molar-refractivity contribution in [3.8, 4) is 5.69 Å². The number of rotatable bonds is 3. The topological polar surface area (TPSA) is 50.1 Å². The van der Waals surface area contributed by atoms with Crippen LogP contribution in [-0.2, 0) is 0 Å². The van der Waals surface area contributed by atoms with Crippen molar-refractivity contribution >= 4 is 16.9 Å². The van der Waals surface area contributed by atoms with Gasteiger partial charge >= 0.3 is 0 Å². The molecule has 1 aromatic carbocycles. The molecule has 0 aliphatic carbocycles. The minimum atomic E-state index is 0.664. The zero-order valence-corrected chi connectivity index (χ0v) is 14.3. The largest absolute Gasteiger partial charge is 0.354 e. The molecule has 3 aromatic rings. The van der Waals surface area contributed by atoms with Crippen molar-refractivity contribution in [2.45, 2.75) is 25.3 Å². The van der Waals surface area contributed by atoms with Crippen LogP contribution in [-0.4, -0.2) is 56.9 Å². The summed E-state index contributed by atoms with van der Waals surface area (Å²) in [5.41, 5.74) is 1.90. The molecule has 0 saturated carbocycles. The average molecular weight is 334 g/mol. The molecular weight excluding hydrogens is 312 g/mol. The predicted octanol–water partition coefficient (Wildman–Crippen LogP) is 2.49. The van der Waals surface area contributed by atoms with Crippen LogP contribution >= 0.6 is 0 Å². The van der Waals surface area contributed by atoms with Crippen molar-refractivity contribution in [2.24, 2.45) is 0 Å². The normalized spacial score (nSPS) is 21.4. The molecule has 0 unspecified atom stereocenters. The number of para-hydroxylation sites is 1. The summed E-state index contributed by atoms with van der Waals surface area (Å²) in [6.07, 6.45) is 7.48. The number of fused-ring (bicyclic) bond motifs is 1. The molecule has 6 nitrogen and oxygen atoms in total. The van der Waals surface area contributed by atoms with Crippen LogP contribution in [0.15, 0.2) is 42.9 Å². The molecule has 5 rings (SSSR count). The number of likely N-dealkylation sites (tertiary alicyclic amines) is 1. The van der Waals surface area contributed by atoms with Crippen molar-refractivity contribution in [1.29, 1.82) is 0 Å². The summed E-state index contributed by atoms with van der Waals surface area (Å²) in [5.74, 6) is 1.02. The smallest absolute Gasteiger partial charge is 0.168 e. The van der Waals surface area contributed by atoms with E-state index in [9.17, 15) is 0 Å². The van der Waals surface area contributed by atoms with E-state index in [1.807, 2.05) is 41.2 Å². The molecule has 25 heavy (non-hydrogen) atoms. The van der Waals surface area contributed by atoms with Gasteiger partial charge in [0, 0.05) is 19.1 Å².